The standard InChI is InChI=1S/C22H34N6/c1-3-21-27-25-17-28(21)15-14-23-22(24-16-19-10-6-4-7-11-19)26-18(2)20-12-8-5-9-13-20/h5,8-9,12-13,17-19H,3-4,6-7,10-11,14-16H2,1-2H3,(H2,23,24,26). The molecule has 1 aromatic heterocycles. The average Bonchev–Trinajstić information content (AvgIpc) is 3.20. The van der Waals surface area contributed by atoms with E-state index in [2.05, 4.69) is 69.6 Å². The Morgan fingerprint density at radius 3 is 2.75 bits per heavy atom. The van der Waals surface area contributed by atoms with Crippen LogP contribution in [0.25, 0.3) is 0 Å². The first kappa shape index (κ1) is 20.4. The molecule has 1 heterocycles. The van der Waals surface area contributed by atoms with E-state index in [9.17, 15) is 0 Å². The number of hydrogen-bond acceptors (Lipinski definition) is 3. The van der Waals surface area contributed by atoms with E-state index in [1.807, 2.05) is 0 Å². The van der Waals surface area contributed by atoms with Crippen molar-refractivity contribution in [1.29, 1.82) is 0 Å². The number of guanidine groups is 1. The molecule has 152 valence electrons. The molecular weight excluding hydrogens is 348 g/mol. The number of aromatic nitrogens is 3. The molecule has 2 N–H and O–H groups in total. The van der Waals surface area contributed by atoms with E-state index in [1.165, 1.54) is 37.7 Å². The van der Waals surface area contributed by atoms with Crippen molar-refractivity contribution in [2.45, 2.75) is 65.0 Å². The lowest BCUT2D eigenvalue weighted by molar-refractivity contribution is 0.366. The van der Waals surface area contributed by atoms with Crippen molar-refractivity contribution in [1.82, 2.24) is 25.4 Å². The highest BCUT2D eigenvalue weighted by Crippen LogP contribution is 2.23. The summed E-state index contributed by atoms with van der Waals surface area (Å²) in [5.74, 6) is 2.64. The minimum Gasteiger partial charge on any atom is -0.355 e. The highest BCUT2D eigenvalue weighted by atomic mass is 15.3. The maximum Gasteiger partial charge on any atom is 0.191 e. The van der Waals surface area contributed by atoms with Crippen LogP contribution in [0.5, 0.6) is 0 Å². The zero-order valence-corrected chi connectivity index (χ0v) is 17.3. The molecule has 1 unspecified atom stereocenters. The lowest BCUT2D eigenvalue weighted by Crippen LogP contribution is -2.40. The van der Waals surface area contributed by atoms with Crippen molar-refractivity contribution in [3.63, 3.8) is 0 Å². The molecule has 1 atom stereocenters. The van der Waals surface area contributed by atoms with Crippen LogP contribution in [0.4, 0.5) is 0 Å². The predicted octanol–water partition coefficient (Wildman–Crippen LogP) is 3.72. The van der Waals surface area contributed by atoms with Gasteiger partial charge < -0.3 is 15.2 Å². The van der Waals surface area contributed by atoms with E-state index in [1.54, 1.807) is 6.33 Å². The van der Waals surface area contributed by atoms with Crippen LogP contribution < -0.4 is 10.6 Å². The Morgan fingerprint density at radius 2 is 2.00 bits per heavy atom. The van der Waals surface area contributed by atoms with Crippen LogP contribution in [-0.2, 0) is 13.0 Å². The minimum atomic E-state index is 0.208. The van der Waals surface area contributed by atoms with Gasteiger partial charge in [-0.05, 0) is 31.2 Å². The molecule has 1 aliphatic rings. The normalized spacial score (nSPS) is 16.7. The Morgan fingerprint density at radius 1 is 1.21 bits per heavy atom. The van der Waals surface area contributed by atoms with Crippen LogP contribution in [0.1, 0.15) is 63.4 Å². The highest BCUT2D eigenvalue weighted by molar-refractivity contribution is 5.80. The van der Waals surface area contributed by atoms with E-state index in [-0.39, 0.29) is 6.04 Å². The zero-order valence-electron chi connectivity index (χ0n) is 17.3. The summed E-state index contributed by atoms with van der Waals surface area (Å²) in [6.07, 6.45) is 9.41. The molecule has 1 aromatic carbocycles. The molecule has 6 nitrogen and oxygen atoms in total. The second kappa shape index (κ2) is 10.8. The summed E-state index contributed by atoms with van der Waals surface area (Å²) in [6, 6.07) is 10.7. The molecule has 3 rings (SSSR count). The molecule has 0 aliphatic heterocycles. The van der Waals surface area contributed by atoms with Crippen LogP contribution in [0.3, 0.4) is 0 Å². The summed E-state index contributed by atoms with van der Waals surface area (Å²) in [7, 11) is 0. The van der Waals surface area contributed by atoms with Gasteiger partial charge >= 0.3 is 0 Å². The first-order chi connectivity index (χ1) is 13.8. The third-order valence-corrected chi connectivity index (χ3v) is 5.54. The van der Waals surface area contributed by atoms with Crippen molar-refractivity contribution in [3.05, 3.63) is 48.0 Å². The van der Waals surface area contributed by atoms with Gasteiger partial charge in [-0.2, -0.15) is 0 Å². The largest absolute Gasteiger partial charge is 0.355 e. The smallest absolute Gasteiger partial charge is 0.191 e. The third kappa shape index (κ3) is 6.08. The van der Waals surface area contributed by atoms with Crippen LogP contribution in [0, 0.1) is 5.92 Å². The van der Waals surface area contributed by atoms with Gasteiger partial charge in [-0.25, -0.2) is 0 Å². The molecule has 6 heteroatoms. The number of rotatable bonds is 8. The fourth-order valence-electron chi connectivity index (χ4n) is 3.81. The van der Waals surface area contributed by atoms with Crippen molar-refractivity contribution in [2.75, 3.05) is 13.1 Å². The molecule has 0 bridgehead atoms. The fourth-order valence-corrected chi connectivity index (χ4v) is 3.81. The summed E-state index contributed by atoms with van der Waals surface area (Å²) in [5, 5.41) is 15.3. The second-order valence-electron chi connectivity index (χ2n) is 7.69. The Kier molecular flexibility index (Phi) is 7.88. The van der Waals surface area contributed by atoms with E-state index >= 15 is 0 Å². The van der Waals surface area contributed by atoms with Crippen molar-refractivity contribution in [2.24, 2.45) is 10.9 Å². The molecule has 1 aliphatic carbocycles. The summed E-state index contributed by atoms with van der Waals surface area (Å²) in [5.41, 5.74) is 1.27. The first-order valence-corrected chi connectivity index (χ1v) is 10.7. The Labute approximate surface area is 168 Å². The zero-order chi connectivity index (χ0) is 19.6. The lowest BCUT2D eigenvalue weighted by atomic mass is 9.89. The van der Waals surface area contributed by atoms with Crippen LogP contribution in [-0.4, -0.2) is 33.8 Å². The van der Waals surface area contributed by atoms with Crippen LogP contribution in [0.2, 0.25) is 0 Å². The monoisotopic (exact) mass is 382 g/mol. The van der Waals surface area contributed by atoms with Crippen LogP contribution >= 0.6 is 0 Å². The Bertz CT molecular complexity index is 718. The average molecular weight is 383 g/mol. The van der Waals surface area contributed by atoms with Crippen molar-refractivity contribution in [3.8, 4) is 0 Å². The molecule has 1 saturated carbocycles. The van der Waals surface area contributed by atoms with Gasteiger partial charge in [0.15, 0.2) is 5.96 Å². The summed E-state index contributed by atoms with van der Waals surface area (Å²) in [6.45, 7) is 6.82. The van der Waals surface area contributed by atoms with Crippen molar-refractivity contribution >= 4 is 5.96 Å². The number of nitrogens with one attached hydrogen (secondary N) is 2. The molecule has 0 spiro atoms. The summed E-state index contributed by atoms with van der Waals surface area (Å²) in [4.78, 5) is 4.93. The van der Waals surface area contributed by atoms with Gasteiger partial charge in [-0.3, -0.25) is 4.99 Å². The van der Waals surface area contributed by atoms with Gasteiger partial charge in [0.2, 0.25) is 0 Å². The topological polar surface area (TPSA) is 67.1 Å². The van der Waals surface area contributed by atoms with Gasteiger partial charge in [-0.1, -0.05) is 56.5 Å². The number of hydrogen-bond donors (Lipinski definition) is 2. The number of benzene rings is 1. The lowest BCUT2D eigenvalue weighted by Gasteiger charge is -2.22. The summed E-state index contributed by atoms with van der Waals surface area (Å²) >= 11 is 0. The number of nitrogens with zero attached hydrogens (tertiary/aromatic N) is 4. The Hall–Kier alpha value is -2.37. The van der Waals surface area contributed by atoms with Gasteiger partial charge in [-0.15, -0.1) is 10.2 Å². The number of aryl methyl sites for hydroxylation is 1. The number of aliphatic imine (C=N–C) groups is 1. The first-order valence-electron chi connectivity index (χ1n) is 10.7. The van der Waals surface area contributed by atoms with E-state index < -0.39 is 0 Å². The summed E-state index contributed by atoms with van der Waals surface area (Å²) < 4.78 is 2.10. The molecule has 28 heavy (non-hydrogen) atoms. The van der Waals surface area contributed by atoms with Gasteiger partial charge in [0.05, 0.1) is 6.04 Å². The quantitative estimate of drug-likeness (QED) is 0.539. The predicted molar refractivity (Wildman–Crippen MR) is 114 cm³/mol. The molecular formula is C22H34N6. The van der Waals surface area contributed by atoms with Crippen LogP contribution in [0.15, 0.2) is 41.7 Å². The fraction of sp³-hybridized carbons (Fsp3) is 0.591. The molecule has 2 aromatic rings. The molecule has 0 radical (unpaired) electrons. The maximum atomic E-state index is 4.93. The van der Waals surface area contributed by atoms with Crippen molar-refractivity contribution < 1.29 is 0 Å². The molecule has 0 saturated heterocycles. The second-order valence-corrected chi connectivity index (χ2v) is 7.69. The van der Waals surface area contributed by atoms with E-state index in [0.717, 1.165) is 43.8 Å². The van der Waals surface area contributed by atoms with Gasteiger partial charge in [0, 0.05) is 26.1 Å². The van der Waals surface area contributed by atoms with Gasteiger partial charge in [0.1, 0.15) is 12.2 Å². The molecule has 0 amide bonds. The van der Waals surface area contributed by atoms with E-state index in [4.69, 9.17) is 4.99 Å². The SMILES string of the molecule is CCc1nncn1CCNC(=NCC1CCCCC1)NC(C)c1ccccc1. The third-order valence-electron chi connectivity index (χ3n) is 5.54. The highest BCUT2D eigenvalue weighted by Gasteiger charge is 2.14. The maximum absolute atomic E-state index is 4.93. The minimum absolute atomic E-state index is 0.208. The van der Waals surface area contributed by atoms with Gasteiger partial charge in [0.25, 0.3) is 0 Å². The Balaban J connectivity index is 1.59. The van der Waals surface area contributed by atoms with E-state index in [0.29, 0.717) is 0 Å². The molecule has 1 fully saturated rings.